The summed E-state index contributed by atoms with van der Waals surface area (Å²) in [6.07, 6.45) is 0.866. The molecule has 2 aromatic carbocycles. The van der Waals surface area contributed by atoms with Gasteiger partial charge < -0.3 is 15.0 Å². The van der Waals surface area contributed by atoms with Crippen LogP contribution in [0.1, 0.15) is 16.8 Å². The van der Waals surface area contributed by atoms with E-state index in [0.717, 1.165) is 66.5 Å². The van der Waals surface area contributed by atoms with Gasteiger partial charge in [0.25, 0.3) is 5.56 Å². The lowest BCUT2D eigenvalue weighted by atomic mass is 10.0. The number of H-pyrrole nitrogens is 1. The predicted octanol–water partition coefficient (Wildman–Crippen LogP) is 2.67. The lowest BCUT2D eigenvalue weighted by molar-refractivity contribution is 0.122. The molecule has 0 aliphatic carbocycles. The number of rotatable bonds is 6. The Labute approximate surface area is 225 Å². The molecule has 0 unspecified atom stereocenters. The second-order valence-corrected chi connectivity index (χ2v) is 9.93. The van der Waals surface area contributed by atoms with Crippen LogP contribution in [0.3, 0.4) is 0 Å². The van der Waals surface area contributed by atoms with Gasteiger partial charge in [-0.1, -0.05) is 30.3 Å². The molecule has 200 valence electrons. The van der Waals surface area contributed by atoms with Crippen LogP contribution < -0.4 is 21.5 Å². The predicted molar refractivity (Wildman–Crippen MR) is 150 cm³/mol. The summed E-state index contributed by atoms with van der Waals surface area (Å²) in [6.45, 7) is 5.64. The zero-order valence-electron chi connectivity index (χ0n) is 21.9. The Morgan fingerprint density at radius 3 is 2.49 bits per heavy atom. The Hall–Kier alpha value is -4.28. The molecule has 10 heteroatoms. The highest BCUT2D eigenvalue weighted by atomic mass is 16.5. The van der Waals surface area contributed by atoms with E-state index in [-0.39, 0.29) is 5.56 Å². The van der Waals surface area contributed by atoms with Crippen LogP contribution in [0.25, 0.3) is 11.4 Å². The first-order valence-corrected chi connectivity index (χ1v) is 13.2. The second-order valence-electron chi connectivity index (χ2n) is 9.93. The first-order valence-electron chi connectivity index (χ1n) is 13.2. The smallest absolute Gasteiger partial charge is 0.329 e. The minimum Gasteiger partial charge on any atom is -0.378 e. The van der Waals surface area contributed by atoms with Crippen LogP contribution in [0, 0.1) is 0 Å². The Balaban J connectivity index is 1.28. The van der Waals surface area contributed by atoms with Gasteiger partial charge in [-0.25, -0.2) is 14.8 Å². The number of hydrogen-bond donors (Lipinski definition) is 2. The maximum atomic E-state index is 12.0. The SMILES string of the molecule is Cn1c(=O)cc(Nc2ccc(-c3nc4c(c(N5CCOCC5)n3)CN(Cc3ccccc3)CC4)cc2)[nH]c1=O. The van der Waals surface area contributed by atoms with Gasteiger partial charge in [-0.2, -0.15) is 0 Å². The van der Waals surface area contributed by atoms with E-state index in [1.54, 1.807) is 0 Å². The number of nitrogens with one attached hydrogen (secondary N) is 2. The third kappa shape index (κ3) is 5.47. The third-order valence-corrected chi connectivity index (χ3v) is 7.24. The van der Waals surface area contributed by atoms with Gasteiger partial charge >= 0.3 is 5.69 Å². The van der Waals surface area contributed by atoms with Crippen LogP contribution in [0.5, 0.6) is 0 Å². The highest BCUT2D eigenvalue weighted by molar-refractivity contribution is 5.65. The molecule has 2 aromatic heterocycles. The molecule has 10 nitrogen and oxygen atoms in total. The van der Waals surface area contributed by atoms with Gasteiger partial charge in [0.2, 0.25) is 0 Å². The Kier molecular flexibility index (Phi) is 6.95. The molecule has 39 heavy (non-hydrogen) atoms. The number of anilines is 3. The highest BCUT2D eigenvalue weighted by Crippen LogP contribution is 2.31. The molecule has 2 aliphatic heterocycles. The average molecular weight is 526 g/mol. The summed E-state index contributed by atoms with van der Waals surface area (Å²) in [5, 5.41) is 3.09. The summed E-state index contributed by atoms with van der Waals surface area (Å²) < 4.78 is 6.64. The van der Waals surface area contributed by atoms with Crippen LogP contribution in [-0.2, 0) is 31.3 Å². The number of aromatic nitrogens is 4. The molecule has 4 heterocycles. The molecule has 0 spiro atoms. The molecule has 6 rings (SSSR count). The van der Waals surface area contributed by atoms with Crippen molar-refractivity contribution in [2.45, 2.75) is 19.5 Å². The van der Waals surface area contributed by atoms with E-state index < -0.39 is 5.69 Å². The molecule has 4 aromatic rings. The zero-order valence-corrected chi connectivity index (χ0v) is 21.9. The monoisotopic (exact) mass is 525 g/mol. The molecule has 0 amide bonds. The van der Waals surface area contributed by atoms with Crippen molar-refractivity contribution in [3.63, 3.8) is 0 Å². The molecule has 0 atom stereocenters. The van der Waals surface area contributed by atoms with Crippen LogP contribution in [-0.4, -0.2) is 57.3 Å². The molecule has 2 N–H and O–H groups in total. The molecule has 0 radical (unpaired) electrons. The minimum atomic E-state index is -0.470. The maximum absolute atomic E-state index is 12.0. The maximum Gasteiger partial charge on any atom is 0.329 e. The molecule has 0 bridgehead atoms. The van der Waals surface area contributed by atoms with Gasteiger partial charge in [-0.05, 0) is 29.8 Å². The number of ether oxygens (including phenoxy) is 1. The fourth-order valence-electron chi connectivity index (χ4n) is 5.08. The number of nitrogens with zero attached hydrogens (tertiary/aromatic N) is 5. The van der Waals surface area contributed by atoms with E-state index >= 15 is 0 Å². The lowest BCUT2D eigenvalue weighted by Gasteiger charge is -2.34. The second kappa shape index (κ2) is 10.8. The minimum absolute atomic E-state index is 0.343. The van der Waals surface area contributed by atoms with Gasteiger partial charge in [0.05, 0.1) is 18.9 Å². The van der Waals surface area contributed by atoms with Crippen molar-refractivity contribution in [3.8, 4) is 11.4 Å². The zero-order chi connectivity index (χ0) is 26.8. The van der Waals surface area contributed by atoms with Crippen molar-refractivity contribution >= 4 is 17.3 Å². The number of benzene rings is 2. The first kappa shape index (κ1) is 25.0. The molecular formula is C29H31N7O3. The topological polar surface area (TPSA) is 108 Å². The van der Waals surface area contributed by atoms with Crippen molar-refractivity contribution in [2.75, 3.05) is 43.1 Å². The van der Waals surface area contributed by atoms with Crippen LogP contribution in [0.15, 0.2) is 70.3 Å². The third-order valence-electron chi connectivity index (χ3n) is 7.24. The Morgan fingerprint density at radius 2 is 1.74 bits per heavy atom. The summed E-state index contributed by atoms with van der Waals surface area (Å²) in [7, 11) is 1.43. The van der Waals surface area contributed by atoms with E-state index in [0.29, 0.717) is 24.9 Å². The van der Waals surface area contributed by atoms with Crippen LogP contribution in [0.2, 0.25) is 0 Å². The fourth-order valence-corrected chi connectivity index (χ4v) is 5.08. The fraction of sp³-hybridized carbons (Fsp3) is 0.310. The van der Waals surface area contributed by atoms with Gasteiger partial charge in [0.15, 0.2) is 5.82 Å². The van der Waals surface area contributed by atoms with Crippen molar-refractivity contribution in [1.82, 2.24) is 24.4 Å². The highest BCUT2D eigenvalue weighted by Gasteiger charge is 2.26. The number of morpholine rings is 1. The van der Waals surface area contributed by atoms with E-state index in [4.69, 9.17) is 14.7 Å². The largest absolute Gasteiger partial charge is 0.378 e. The van der Waals surface area contributed by atoms with E-state index in [1.165, 1.54) is 24.2 Å². The molecule has 1 saturated heterocycles. The Morgan fingerprint density at radius 1 is 0.974 bits per heavy atom. The normalized spacial score (nSPS) is 15.7. The number of aromatic amines is 1. The van der Waals surface area contributed by atoms with Gasteiger partial charge in [0, 0.05) is 69.1 Å². The van der Waals surface area contributed by atoms with Crippen LogP contribution >= 0.6 is 0 Å². The standard InChI is InChI=1S/C29H31N7O3/c1-34-26(37)17-25(32-29(34)38)30-22-9-7-21(8-10-22)27-31-24-11-12-35(18-20-5-3-2-4-6-20)19-23(24)28(33-27)36-13-15-39-16-14-36/h2-10,17,30H,11-16,18-19H2,1H3,(H,32,38). The van der Waals surface area contributed by atoms with Gasteiger partial charge in [-0.3, -0.25) is 19.2 Å². The van der Waals surface area contributed by atoms with Gasteiger partial charge in [0.1, 0.15) is 11.6 Å². The molecule has 1 fully saturated rings. The molecule has 2 aliphatic rings. The van der Waals surface area contributed by atoms with Gasteiger partial charge in [-0.15, -0.1) is 0 Å². The van der Waals surface area contributed by atoms with E-state index in [2.05, 4.69) is 44.4 Å². The summed E-state index contributed by atoms with van der Waals surface area (Å²) in [5.74, 6) is 2.03. The number of fused-ring (bicyclic) bond motifs is 1. The lowest BCUT2D eigenvalue weighted by Crippen LogP contribution is -2.39. The molecule has 0 saturated carbocycles. The van der Waals surface area contributed by atoms with E-state index in [9.17, 15) is 9.59 Å². The summed E-state index contributed by atoms with van der Waals surface area (Å²) >= 11 is 0. The average Bonchev–Trinajstić information content (AvgIpc) is 2.97. The summed E-state index contributed by atoms with van der Waals surface area (Å²) in [6, 6.07) is 19.6. The Bertz CT molecular complexity index is 1540. The van der Waals surface area contributed by atoms with Crippen molar-refractivity contribution in [1.29, 1.82) is 0 Å². The quantitative estimate of drug-likeness (QED) is 0.396. The van der Waals surface area contributed by atoms with E-state index in [1.807, 2.05) is 30.3 Å². The molecular weight excluding hydrogens is 494 g/mol. The summed E-state index contributed by atoms with van der Waals surface area (Å²) in [4.78, 5) is 41.4. The number of hydrogen-bond acceptors (Lipinski definition) is 8. The van der Waals surface area contributed by atoms with Crippen molar-refractivity contribution in [3.05, 3.63) is 98.3 Å². The van der Waals surface area contributed by atoms with Crippen molar-refractivity contribution in [2.24, 2.45) is 7.05 Å². The van der Waals surface area contributed by atoms with Crippen LogP contribution in [0.4, 0.5) is 17.3 Å². The van der Waals surface area contributed by atoms with Crippen molar-refractivity contribution < 1.29 is 4.74 Å². The first-order chi connectivity index (χ1) is 19.0. The summed E-state index contributed by atoms with van der Waals surface area (Å²) in [5.41, 5.74) is 4.41.